The molecule has 0 heterocycles. The van der Waals surface area contributed by atoms with E-state index >= 15 is 0 Å². The maximum atomic E-state index is 13.0. The number of allylic oxidation sites excluding steroid dienone is 8. The van der Waals surface area contributed by atoms with Crippen molar-refractivity contribution in [2.24, 2.45) is 0 Å². The average molecular weight is 1140 g/mol. The van der Waals surface area contributed by atoms with Gasteiger partial charge in [0, 0.05) is 19.3 Å². The third-order valence-corrected chi connectivity index (χ3v) is 16.3. The Bertz CT molecular complexity index is 1400. The van der Waals surface area contributed by atoms with E-state index in [2.05, 4.69) is 69.4 Å². The molecular weight excluding hydrogens is 997 g/mol. The molecule has 0 radical (unpaired) electrons. The number of rotatable bonds is 67. The van der Waals surface area contributed by atoms with Gasteiger partial charge in [-0.1, -0.05) is 365 Å². The summed E-state index contributed by atoms with van der Waals surface area (Å²) in [5.41, 5.74) is 0. The van der Waals surface area contributed by atoms with Gasteiger partial charge in [-0.25, -0.2) is 0 Å². The molecule has 81 heavy (non-hydrogen) atoms. The fraction of sp³-hybridized carbons (Fsp3) is 0.853. The minimum atomic E-state index is -0.780. The van der Waals surface area contributed by atoms with Gasteiger partial charge >= 0.3 is 17.9 Å². The summed E-state index contributed by atoms with van der Waals surface area (Å²) in [6.45, 7) is 6.60. The Hall–Kier alpha value is -2.63. The van der Waals surface area contributed by atoms with Crippen LogP contribution in [0, 0.1) is 0 Å². The van der Waals surface area contributed by atoms with Gasteiger partial charge in [0.15, 0.2) is 6.10 Å². The Morgan fingerprint density at radius 1 is 0.259 bits per heavy atom. The summed E-state index contributed by atoms with van der Waals surface area (Å²) in [4.78, 5) is 38.5. The van der Waals surface area contributed by atoms with Crippen LogP contribution in [0.3, 0.4) is 0 Å². The first-order valence-electron chi connectivity index (χ1n) is 36.1. The van der Waals surface area contributed by atoms with E-state index in [0.29, 0.717) is 19.3 Å². The number of carbonyl (C=O) groups excluding carboxylic acids is 3. The first kappa shape index (κ1) is 78.4. The SMILES string of the molecule is CC/C=C\C/C=C\C/C=C\C/C=C\CCCCCCCCC(=O)OC(COC(=O)CCCCCCCCCCCCCCCCCCC)COC(=O)CCCCCCCCCCCCCCCCCCCCCCCCCCCCC. The number of hydrogen-bond donors (Lipinski definition) is 0. The molecular formula is C75H138O6. The van der Waals surface area contributed by atoms with Gasteiger partial charge in [-0.2, -0.15) is 0 Å². The van der Waals surface area contributed by atoms with Crippen molar-refractivity contribution in [2.75, 3.05) is 13.2 Å². The van der Waals surface area contributed by atoms with Crippen LogP contribution in [0.4, 0.5) is 0 Å². The zero-order valence-corrected chi connectivity index (χ0v) is 54.6. The summed E-state index contributed by atoms with van der Waals surface area (Å²) in [6.07, 6.45) is 88.6. The second kappa shape index (κ2) is 69.9. The minimum absolute atomic E-state index is 0.0736. The zero-order chi connectivity index (χ0) is 58.5. The monoisotopic (exact) mass is 1140 g/mol. The predicted molar refractivity (Wildman–Crippen MR) is 353 cm³/mol. The molecule has 0 spiro atoms. The van der Waals surface area contributed by atoms with Crippen LogP contribution < -0.4 is 0 Å². The summed E-state index contributed by atoms with van der Waals surface area (Å²) in [5, 5.41) is 0. The van der Waals surface area contributed by atoms with Crippen molar-refractivity contribution >= 4 is 17.9 Å². The van der Waals surface area contributed by atoms with Crippen molar-refractivity contribution in [1.29, 1.82) is 0 Å². The number of ether oxygens (including phenoxy) is 3. The Kier molecular flexibility index (Phi) is 67.6. The molecule has 0 rings (SSSR count). The highest BCUT2D eigenvalue weighted by Gasteiger charge is 2.19. The zero-order valence-electron chi connectivity index (χ0n) is 54.6. The second-order valence-corrected chi connectivity index (χ2v) is 24.5. The van der Waals surface area contributed by atoms with E-state index < -0.39 is 6.10 Å². The van der Waals surface area contributed by atoms with Crippen LogP contribution in [0.5, 0.6) is 0 Å². The summed E-state index contributed by atoms with van der Waals surface area (Å²) >= 11 is 0. The van der Waals surface area contributed by atoms with Crippen molar-refractivity contribution < 1.29 is 28.6 Å². The molecule has 6 nitrogen and oxygen atoms in total. The van der Waals surface area contributed by atoms with Crippen LogP contribution in [-0.4, -0.2) is 37.2 Å². The molecule has 474 valence electrons. The van der Waals surface area contributed by atoms with E-state index in [1.54, 1.807) is 0 Å². The van der Waals surface area contributed by atoms with E-state index in [-0.39, 0.29) is 31.1 Å². The van der Waals surface area contributed by atoms with Gasteiger partial charge in [0.2, 0.25) is 0 Å². The first-order chi connectivity index (χ1) is 40.0. The lowest BCUT2D eigenvalue weighted by atomic mass is 10.0. The van der Waals surface area contributed by atoms with Gasteiger partial charge in [0.05, 0.1) is 0 Å². The predicted octanol–water partition coefficient (Wildman–Crippen LogP) is 24.9. The molecule has 0 aliphatic heterocycles. The molecule has 0 aromatic rings. The van der Waals surface area contributed by atoms with Crippen molar-refractivity contribution in [3.05, 3.63) is 48.6 Å². The fourth-order valence-electron chi connectivity index (χ4n) is 11.0. The molecule has 1 atom stereocenters. The molecule has 1 unspecified atom stereocenters. The number of carbonyl (C=O) groups is 3. The molecule has 0 fully saturated rings. The van der Waals surface area contributed by atoms with Gasteiger partial charge in [0.25, 0.3) is 0 Å². The first-order valence-corrected chi connectivity index (χ1v) is 36.1. The van der Waals surface area contributed by atoms with Crippen LogP contribution >= 0.6 is 0 Å². The van der Waals surface area contributed by atoms with E-state index in [1.807, 2.05) is 0 Å². The fourth-order valence-corrected chi connectivity index (χ4v) is 11.0. The van der Waals surface area contributed by atoms with Crippen LogP contribution in [0.1, 0.15) is 393 Å². The van der Waals surface area contributed by atoms with Crippen LogP contribution in [-0.2, 0) is 28.6 Å². The van der Waals surface area contributed by atoms with E-state index in [1.165, 1.54) is 257 Å². The highest BCUT2D eigenvalue weighted by molar-refractivity contribution is 5.71. The summed E-state index contributed by atoms with van der Waals surface area (Å²) in [6, 6.07) is 0. The molecule has 0 saturated carbocycles. The van der Waals surface area contributed by atoms with Gasteiger partial charge in [-0.05, 0) is 57.8 Å². The third-order valence-electron chi connectivity index (χ3n) is 16.3. The molecule has 0 bridgehead atoms. The van der Waals surface area contributed by atoms with Gasteiger partial charge in [-0.15, -0.1) is 0 Å². The molecule has 0 aliphatic rings. The highest BCUT2D eigenvalue weighted by atomic mass is 16.6. The highest BCUT2D eigenvalue weighted by Crippen LogP contribution is 2.19. The minimum Gasteiger partial charge on any atom is -0.462 e. The largest absolute Gasteiger partial charge is 0.462 e. The van der Waals surface area contributed by atoms with Crippen molar-refractivity contribution in [1.82, 2.24) is 0 Å². The molecule has 6 heteroatoms. The van der Waals surface area contributed by atoms with Crippen molar-refractivity contribution in [2.45, 2.75) is 399 Å². The van der Waals surface area contributed by atoms with Crippen LogP contribution in [0.25, 0.3) is 0 Å². The van der Waals surface area contributed by atoms with Crippen LogP contribution in [0.2, 0.25) is 0 Å². The molecule has 0 aromatic carbocycles. The maximum Gasteiger partial charge on any atom is 0.306 e. The average Bonchev–Trinajstić information content (AvgIpc) is 3.47. The van der Waals surface area contributed by atoms with Crippen molar-refractivity contribution in [3.8, 4) is 0 Å². The molecule has 0 N–H and O–H groups in total. The van der Waals surface area contributed by atoms with Gasteiger partial charge < -0.3 is 14.2 Å². The molecule has 0 aliphatic carbocycles. The van der Waals surface area contributed by atoms with Gasteiger partial charge in [0.1, 0.15) is 13.2 Å². The second-order valence-electron chi connectivity index (χ2n) is 24.5. The van der Waals surface area contributed by atoms with E-state index in [4.69, 9.17) is 14.2 Å². The van der Waals surface area contributed by atoms with Crippen LogP contribution in [0.15, 0.2) is 48.6 Å². The lowest BCUT2D eigenvalue weighted by molar-refractivity contribution is -0.167. The smallest absolute Gasteiger partial charge is 0.306 e. The summed E-state index contributed by atoms with van der Waals surface area (Å²) in [5.74, 6) is -0.858. The normalized spacial score (nSPS) is 12.3. The van der Waals surface area contributed by atoms with Gasteiger partial charge in [-0.3, -0.25) is 14.4 Å². The standard InChI is InChI=1S/C75H138O6/c1-4-7-10-13-16-19-22-25-28-31-33-34-35-36-37-38-39-40-42-44-47-50-53-56-59-62-65-68-74(77)80-71-72(70-79-73(76)67-64-61-58-55-52-49-46-43-30-27-24-21-18-15-12-9-6-3)81-75(78)69-66-63-60-57-54-51-48-45-41-32-29-26-23-20-17-14-11-8-5-2/h8,11,17,20,26,29,41,45,72H,4-7,9-10,12-16,18-19,21-25,27-28,30-40,42-44,46-71H2,1-3H3/b11-8-,20-17-,29-26-,45-41-. The molecule has 0 saturated heterocycles. The Balaban J connectivity index is 4.27. The number of hydrogen-bond acceptors (Lipinski definition) is 6. The molecule has 0 amide bonds. The molecule has 0 aromatic heterocycles. The Labute approximate surface area is 505 Å². The lowest BCUT2D eigenvalue weighted by Gasteiger charge is -2.18. The maximum absolute atomic E-state index is 13.0. The lowest BCUT2D eigenvalue weighted by Crippen LogP contribution is -2.30. The summed E-state index contributed by atoms with van der Waals surface area (Å²) in [7, 11) is 0. The summed E-state index contributed by atoms with van der Waals surface area (Å²) < 4.78 is 17.0. The van der Waals surface area contributed by atoms with Crippen molar-refractivity contribution in [3.63, 3.8) is 0 Å². The quantitative estimate of drug-likeness (QED) is 0.0261. The number of unbranched alkanes of at least 4 members (excludes halogenated alkanes) is 48. The van der Waals surface area contributed by atoms with E-state index in [9.17, 15) is 14.4 Å². The topological polar surface area (TPSA) is 78.9 Å². The third kappa shape index (κ3) is 68.0. The number of esters is 3. The Morgan fingerprint density at radius 2 is 0.481 bits per heavy atom. The van der Waals surface area contributed by atoms with E-state index in [0.717, 1.165) is 96.3 Å². The Morgan fingerprint density at radius 3 is 0.753 bits per heavy atom.